The second-order valence-electron chi connectivity index (χ2n) is 4.64. The van der Waals surface area contributed by atoms with E-state index in [9.17, 15) is 4.79 Å². The van der Waals surface area contributed by atoms with E-state index in [2.05, 4.69) is 38.8 Å². The van der Waals surface area contributed by atoms with Crippen LogP contribution in [0.15, 0.2) is 12.4 Å². The number of aromatic nitrogens is 2. The molecule has 2 heterocycles. The average molecular weight is 250 g/mol. The smallest absolute Gasteiger partial charge is 0.341 e. The van der Waals surface area contributed by atoms with Gasteiger partial charge in [-0.05, 0) is 13.8 Å². The van der Waals surface area contributed by atoms with E-state index >= 15 is 0 Å². The first-order chi connectivity index (χ1) is 8.60. The third-order valence-corrected chi connectivity index (χ3v) is 2.90. The number of rotatable bonds is 2. The van der Waals surface area contributed by atoms with E-state index in [1.807, 2.05) is 0 Å². The predicted molar refractivity (Wildman–Crippen MR) is 67.6 cm³/mol. The molecule has 0 amide bonds. The molecular weight excluding hydrogens is 232 g/mol. The first-order valence-electron chi connectivity index (χ1n) is 6.01. The summed E-state index contributed by atoms with van der Waals surface area (Å²) in [6.07, 6.45) is 3.01. The maximum Gasteiger partial charge on any atom is 0.341 e. The van der Waals surface area contributed by atoms with Gasteiger partial charge in [0.1, 0.15) is 0 Å². The number of anilines is 1. The molecule has 0 spiro atoms. The molecule has 1 saturated heterocycles. The number of hydrogen-bond donors (Lipinski definition) is 1. The zero-order chi connectivity index (χ0) is 13.1. The standard InChI is InChI=1S/C12H18N4O2/c1-8-6-16(7-9(2)15-8)12-13-4-10(5-14-12)11(17)18-3/h4-5,8-9,15H,6-7H2,1-3H3. The van der Waals surface area contributed by atoms with Crippen molar-refractivity contribution in [1.29, 1.82) is 0 Å². The molecule has 1 aliphatic heterocycles. The molecule has 0 aliphatic carbocycles. The Balaban J connectivity index is 2.11. The van der Waals surface area contributed by atoms with Crippen LogP contribution >= 0.6 is 0 Å². The van der Waals surface area contributed by atoms with Gasteiger partial charge in [-0.15, -0.1) is 0 Å². The second kappa shape index (κ2) is 5.30. The summed E-state index contributed by atoms with van der Waals surface area (Å²) >= 11 is 0. The van der Waals surface area contributed by atoms with Crippen LogP contribution in [0.5, 0.6) is 0 Å². The van der Waals surface area contributed by atoms with E-state index in [-0.39, 0.29) is 0 Å². The predicted octanol–water partition coefficient (Wildman–Crippen LogP) is 0.450. The lowest BCUT2D eigenvalue weighted by Crippen LogP contribution is -2.54. The lowest BCUT2D eigenvalue weighted by molar-refractivity contribution is 0.0600. The van der Waals surface area contributed by atoms with Crippen molar-refractivity contribution in [2.75, 3.05) is 25.1 Å². The maximum atomic E-state index is 11.3. The average Bonchev–Trinajstić information content (AvgIpc) is 2.37. The summed E-state index contributed by atoms with van der Waals surface area (Å²) in [5.41, 5.74) is 0.373. The van der Waals surface area contributed by atoms with Crippen LogP contribution in [0, 0.1) is 0 Å². The topological polar surface area (TPSA) is 67.3 Å². The minimum Gasteiger partial charge on any atom is -0.465 e. The van der Waals surface area contributed by atoms with E-state index < -0.39 is 5.97 Å². The molecule has 2 rings (SSSR count). The van der Waals surface area contributed by atoms with Crippen LogP contribution in [0.1, 0.15) is 24.2 Å². The first-order valence-corrected chi connectivity index (χ1v) is 6.01. The Bertz CT molecular complexity index is 411. The van der Waals surface area contributed by atoms with Gasteiger partial charge >= 0.3 is 5.97 Å². The highest BCUT2D eigenvalue weighted by Crippen LogP contribution is 2.12. The summed E-state index contributed by atoms with van der Waals surface area (Å²) in [6.45, 7) is 5.99. The van der Waals surface area contributed by atoms with E-state index in [4.69, 9.17) is 0 Å². The van der Waals surface area contributed by atoms with Gasteiger partial charge in [-0.1, -0.05) is 0 Å². The van der Waals surface area contributed by atoms with Crippen LogP contribution in [0.4, 0.5) is 5.95 Å². The van der Waals surface area contributed by atoms with Crippen LogP contribution < -0.4 is 10.2 Å². The van der Waals surface area contributed by atoms with Crippen molar-refractivity contribution in [3.63, 3.8) is 0 Å². The molecule has 2 unspecified atom stereocenters. The Labute approximate surface area is 106 Å². The number of hydrogen-bond acceptors (Lipinski definition) is 6. The third-order valence-electron chi connectivity index (χ3n) is 2.90. The number of carbonyl (C=O) groups excluding carboxylic acids is 1. The van der Waals surface area contributed by atoms with Crippen LogP contribution in [-0.2, 0) is 4.74 Å². The van der Waals surface area contributed by atoms with Gasteiger partial charge in [-0.3, -0.25) is 0 Å². The van der Waals surface area contributed by atoms with Crippen LogP contribution in [0.2, 0.25) is 0 Å². The number of piperazine rings is 1. The Hall–Kier alpha value is -1.69. The summed E-state index contributed by atoms with van der Waals surface area (Å²) in [4.78, 5) is 21.9. The Morgan fingerprint density at radius 1 is 1.33 bits per heavy atom. The molecule has 1 aromatic heterocycles. The highest BCUT2D eigenvalue weighted by atomic mass is 16.5. The Morgan fingerprint density at radius 3 is 2.39 bits per heavy atom. The quantitative estimate of drug-likeness (QED) is 0.769. The lowest BCUT2D eigenvalue weighted by atomic mass is 10.1. The first kappa shape index (κ1) is 12.8. The van der Waals surface area contributed by atoms with Crippen LogP contribution in [0.3, 0.4) is 0 Å². The van der Waals surface area contributed by atoms with Crippen molar-refractivity contribution in [2.45, 2.75) is 25.9 Å². The Morgan fingerprint density at radius 2 is 1.89 bits per heavy atom. The van der Waals surface area contributed by atoms with Gasteiger partial charge in [0, 0.05) is 37.6 Å². The fourth-order valence-electron chi connectivity index (χ4n) is 2.20. The number of carbonyl (C=O) groups is 1. The van der Waals surface area contributed by atoms with E-state index in [0.717, 1.165) is 13.1 Å². The Kier molecular flexibility index (Phi) is 3.76. The summed E-state index contributed by atoms with van der Waals surface area (Å²) in [6, 6.07) is 0.801. The van der Waals surface area contributed by atoms with Gasteiger partial charge in [0.2, 0.25) is 5.95 Å². The number of esters is 1. The molecule has 0 saturated carbocycles. The van der Waals surface area contributed by atoms with Gasteiger partial charge in [0.05, 0.1) is 12.7 Å². The van der Waals surface area contributed by atoms with Crippen molar-refractivity contribution >= 4 is 11.9 Å². The molecule has 6 heteroatoms. The van der Waals surface area contributed by atoms with E-state index in [1.165, 1.54) is 19.5 Å². The molecule has 6 nitrogen and oxygen atoms in total. The fraction of sp³-hybridized carbons (Fsp3) is 0.583. The lowest BCUT2D eigenvalue weighted by Gasteiger charge is -2.36. The van der Waals surface area contributed by atoms with Crippen molar-refractivity contribution in [3.05, 3.63) is 18.0 Å². The molecule has 0 aromatic carbocycles. The minimum absolute atomic E-state index is 0.373. The molecule has 1 aromatic rings. The second-order valence-corrected chi connectivity index (χ2v) is 4.64. The monoisotopic (exact) mass is 250 g/mol. The number of nitrogens with zero attached hydrogens (tertiary/aromatic N) is 3. The molecular formula is C12H18N4O2. The fourth-order valence-corrected chi connectivity index (χ4v) is 2.20. The summed E-state index contributed by atoms with van der Waals surface area (Å²) in [5.74, 6) is 0.242. The number of nitrogens with one attached hydrogen (secondary N) is 1. The van der Waals surface area contributed by atoms with Gasteiger partial charge in [-0.2, -0.15) is 0 Å². The van der Waals surface area contributed by atoms with Crippen molar-refractivity contribution < 1.29 is 9.53 Å². The normalized spacial score (nSPS) is 23.8. The molecule has 0 radical (unpaired) electrons. The highest BCUT2D eigenvalue weighted by Gasteiger charge is 2.22. The van der Waals surface area contributed by atoms with Crippen molar-refractivity contribution in [2.24, 2.45) is 0 Å². The third kappa shape index (κ3) is 2.76. The summed E-state index contributed by atoms with van der Waals surface area (Å²) < 4.78 is 4.61. The molecule has 18 heavy (non-hydrogen) atoms. The van der Waals surface area contributed by atoms with Gasteiger partial charge in [-0.25, -0.2) is 14.8 Å². The SMILES string of the molecule is COC(=O)c1cnc(N2CC(C)NC(C)C2)nc1. The van der Waals surface area contributed by atoms with E-state index in [1.54, 1.807) is 0 Å². The molecule has 2 atom stereocenters. The maximum absolute atomic E-state index is 11.3. The molecule has 1 N–H and O–H groups in total. The highest BCUT2D eigenvalue weighted by molar-refractivity contribution is 5.88. The molecule has 1 aliphatic rings. The van der Waals surface area contributed by atoms with Crippen LogP contribution in [-0.4, -0.2) is 48.2 Å². The van der Waals surface area contributed by atoms with Crippen molar-refractivity contribution in [1.82, 2.24) is 15.3 Å². The van der Waals surface area contributed by atoms with E-state index in [0.29, 0.717) is 23.6 Å². The summed E-state index contributed by atoms with van der Waals surface area (Å²) in [5, 5.41) is 3.45. The zero-order valence-electron chi connectivity index (χ0n) is 10.9. The van der Waals surface area contributed by atoms with Crippen molar-refractivity contribution in [3.8, 4) is 0 Å². The largest absolute Gasteiger partial charge is 0.465 e. The summed E-state index contributed by atoms with van der Waals surface area (Å²) in [7, 11) is 1.34. The molecule has 1 fully saturated rings. The number of methoxy groups -OCH3 is 1. The zero-order valence-corrected chi connectivity index (χ0v) is 10.9. The minimum atomic E-state index is -0.413. The van der Waals surface area contributed by atoms with Gasteiger partial charge in [0.25, 0.3) is 0 Å². The molecule has 0 bridgehead atoms. The van der Waals surface area contributed by atoms with Crippen LogP contribution in [0.25, 0.3) is 0 Å². The number of ether oxygens (including phenoxy) is 1. The van der Waals surface area contributed by atoms with Gasteiger partial charge < -0.3 is 15.0 Å². The van der Waals surface area contributed by atoms with Gasteiger partial charge in [0.15, 0.2) is 0 Å². The molecule has 98 valence electrons.